The van der Waals surface area contributed by atoms with Gasteiger partial charge in [-0.05, 0) is 18.2 Å². The lowest BCUT2D eigenvalue weighted by molar-refractivity contribution is 0.424. The second-order valence-corrected chi connectivity index (χ2v) is 3.97. The Bertz CT molecular complexity index is 735. The highest BCUT2D eigenvalue weighted by Crippen LogP contribution is 2.29. The van der Waals surface area contributed by atoms with Crippen LogP contribution in [0.1, 0.15) is 0 Å². The van der Waals surface area contributed by atoms with E-state index in [0.29, 0.717) is 11.5 Å². The number of imidazole rings is 1. The third-order valence-electron chi connectivity index (χ3n) is 2.66. The first-order chi connectivity index (χ1) is 9.15. The average Bonchev–Trinajstić information content (AvgIpc) is 3.00. The van der Waals surface area contributed by atoms with E-state index in [4.69, 9.17) is 4.52 Å². The van der Waals surface area contributed by atoms with Crippen molar-refractivity contribution in [3.8, 4) is 28.7 Å². The molecule has 1 N–H and O–H groups in total. The van der Waals surface area contributed by atoms with Crippen LogP contribution in [0.3, 0.4) is 0 Å². The number of aromatic hydroxyl groups is 1. The molecular formula is C12H9FN4O2. The number of aromatic nitrogens is 4. The van der Waals surface area contributed by atoms with Gasteiger partial charge < -0.3 is 14.2 Å². The lowest BCUT2D eigenvalue weighted by Crippen LogP contribution is -1.90. The van der Waals surface area contributed by atoms with E-state index in [1.807, 2.05) is 0 Å². The molecule has 0 bridgehead atoms. The number of rotatable bonds is 2. The van der Waals surface area contributed by atoms with Crippen LogP contribution in [0.25, 0.3) is 23.0 Å². The first kappa shape index (κ1) is 11.4. The molecule has 2 aromatic heterocycles. The van der Waals surface area contributed by atoms with Crippen molar-refractivity contribution in [1.82, 2.24) is 19.7 Å². The maximum atomic E-state index is 13.2. The number of nitrogens with zero attached hydrogens (tertiary/aromatic N) is 4. The molecule has 0 unspecified atom stereocenters. The Labute approximate surface area is 107 Å². The summed E-state index contributed by atoms with van der Waals surface area (Å²) in [5, 5.41) is 13.5. The molecule has 3 aromatic rings. The van der Waals surface area contributed by atoms with Crippen molar-refractivity contribution < 1.29 is 14.0 Å². The molecule has 0 aliphatic rings. The molecule has 0 fully saturated rings. The summed E-state index contributed by atoms with van der Waals surface area (Å²) in [6.07, 6.45) is 3.19. The summed E-state index contributed by atoms with van der Waals surface area (Å²) in [7, 11) is 1.79. The van der Waals surface area contributed by atoms with Gasteiger partial charge in [0.15, 0.2) is 0 Å². The summed E-state index contributed by atoms with van der Waals surface area (Å²) in [5.41, 5.74) is 0.812. The number of benzene rings is 1. The number of hydrogen-bond donors (Lipinski definition) is 1. The minimum Gasteiger partial charge on any atom is -0.507 e. The Morgan fingerprint density at radius 3 is 2.95 bits per heavy atom. The van der Waals surface area contributed by atoms with Gasteiger partial charge in [-0.3, -0.25) is 0 Å². The minimum absolute atomic E-state index is 0.0493. The largest absolute Gasteiger partial charge is 0.507 e. The third-order valence-corrected chi connectivity index (χ3v) is 2.66. The first-order valence-corrected chi connectivity index (χ1v) is 5.44. The van der Waals surface area contributed by atoms with E-state index in [2.05, 4.69) is 15.1 Å². The number of aryl methyl sites for hydroxylation is 1. The summed E-state index contributed by atoms with van der Waals surface area (Å²) in [5.74, 6) is -0.249. The minimum atomic E-state index is -0.493. The fourth-order valence-corrected chi connectivity index (χ4v) is 1.69. The van der Waals surface area contributed by atoms with Gasteiger partial charge in [0.05, 0.1) is 18.1 Å². The second-order valence-electron chi connectivity index (χ2n) is 3.97. The molecular weight excluding hydrogens is 251 g/mol. The Morgan fingerprint density at radius 2 is 2.21 bits per heavy atom. The number of phenolic OH excluding ortho intramolecular Hbond substituents is 1. The van der Waals surface area contributed by atoms with Gasteiger partial charge in [-0.2, -0.15) is 4.98 Å². The van der Waals surface area contributed by atoms with Crippen molar-refractivity contribution in [3.63, 3.8) is 0 Å². The van der Waals surface area contributed by atoms with Crippen LogP contribution in [0.5, 0.6) is 5.75 Å². The highest BCUT2D eigenvalue weighted by molar-refractivity contribution is 5.63. The summed E-state index contributed by atoms with van der Waals surface area (Å²) >= 11 is 0. The lowest BCUT2D eigenvalue weighted by atomic mass is 10.2. The van der Waals surface area contributed by atoms with Crippen LogP contribution in [0.4, 0.5) is 4.39 Å². The first-order valence-electron chi connectivity index (χ1n) is 5.44. The molecule has 0 saturated heterocycles. The Hall–Kier alpha value is -2.70. The van der Waals surface area contributed by atoms with Gasteiger partial charge in [-0.1, -0.05) is 5.16 Å². The van der Waals surface area contributed by atoms with E-state index < -0.39 is 5.82 Å². The molecule has 0 amide bonds. The Balaban J connectivity index is 2.06. The fourth-order valence-electron chi connectivity index (χ4n) is 1.69. The maximum Gasteiger partial charge on any atom is 0.262 e. The molecule has 2 heterocycles. The molecule has 0 atom stereocenters. The standard InChI is InChI=1S/C12H9FN4O2/c1-17-6-14-5-9(17)11-15-12(19-16-11)8-4-7(13)2-3-10(8)18/h2-6,18H,1H3. The topological polar surface area (TPSA) is 77.0 Å². The van der Waals surface area contributed by atoms with Gasteiger partial charge in [-0.15, -0.1) is 0 Å². The van der Waals surface area contributed by atoms with E-state index in [1.165, 1.54) is 6.07 Å². The average molecular weight is 260 g/mol. The number of halogens is 1. The molecule has 0 radical (unpaired) electrons. The highest BCUT2D eigenvalue weighted by atomic mass is 19.1. The molecule has 3 rings (SSSR count). The van der Waals surface area contributed by atoms with Crippen LogP contribution in [0.15, 0.2) is 35.2 Å². The van der Waals surface area contributed by atoms with E-state index >= 15 is 0 Å². The number of hydrogen-bond acceptors (Lipinski definition) is 5. The van der Waals surface area contributed by atoms with Crippen LogP contribution in [0.2, 0.25) is 0 Å². The van der Waals surface area contributed by atoms with E-state index in [-0.39, 0.29) is 17.2 Å². The SMILES string of the molecule is Cn1cncc1-c1noc(-c2cc(F)ccc2O)n1. The molecule has 7 heteroatoms. The Morgan fingerprint density at radius 1 is 1.37 bits per heavy atom. The Kier molecular flexibility index (Phi) is 2.52. The summed E-state index contributed by atoms with van der Waals surface area (Å²) in [6.45, 7) is 0. The van der Waals surface area contributed by atoms with Crippen molar-refractivity contribution in [2.24, 2.45) is 7.05 Å². The molecule has 0 aliphatic carbocycles. The lowest BCUT2D eigenvalue weighted by Gasteiger charge is -1.98. The van der Waals surface area contributed by atoms with Gasteiger partial charge in [0, 0.05) is 7.05 Å². The smallest absolute Gasteiger partial charge is 0.262 e. The van der Waals surface area contributed by atoms with Gasteiger partial charge >= 0.3 is 0 Å². The van der Waals surface area contributed by atoms with E-state index in [9.17, 15) is 9.50 Å². The number of phenols is 1. The van der Waals surface area contributed by atoms with Gasteiger partial charge in [-0.25, -0.2) is 9.37 Å². The molecule has 6 nitrogen and oxygen atoms in total. The quantitative estimate of drug-likeness (QED) is 0.762. The molecule has 0 spiro atoms. The van der Waals surface area contributed by atoms with E-state index in [1.54, 1.807) is 24.1 Å². The third kappa shape index (κ3) is 1.95. The predicted octanol–water partition coefficient (Wildman–Crippen LogP) is 1.98. The molecule has 1 aromatic carbocycles. The second kappa shape index (κ2) is 4.20. The van der Waals surface area contributed by atoms with Crippen LogP contribution >= 0.6 is 0 Å². The van der Waals surface area contributed by atoms with Crippen LogP contribution in [0, 0.1) is 5.82 Å². The van der Waals surface area contributed by atoms with Gasteiger partial charge in [0.2, 0.25) is 5.82 Å². The summed E-state index contributed by atoms with van der Waals surface area (Å²) < 4.78 is 19.9. The molecule has 96 valence electrons. The highest BCUT2D eigenvalue weighted by Gasteiger charge is 2.16. The zero-order valence-electron chi connectivity index (χ0n) is 9.91. The molecule has 0 saturated carbocycles. The summed E-state index contributed by atoms with van der Waals surface area (Å²) in [4.78, 5) is 8.06. The van der Waals surface area contributed by atoms with Crippen molar-refractivity contribution >= 4 is 0 Å². The van der Waals surface area contributed by atoms with Crippen molar-refractivity contribution in [2.45, 2.75) is 0 Å². The normalized spacial score (nSPS) is 10.8. The zero-order chi connectivity index (χ0) is 13.4. The van der Waals surface area contributed by atoms with Crippen LogP contribution in [-0.4, -0.2) is 24.8 Å². The van der Waals surface area contributed by atoms with Crippen LogP contribution < -0.4 is 0 Å². The van der Waals surface area contributed by atoms with E-state index in [0.717, 1.165) is 12.1 Å². The maximum absolute atomic E-state index is 13.2. The molecule has 19 heavy (non-hydrogen) atoms. The summed E-state index contributed by atoms with van der Waals surface area (Å²) in [6, 6.07) is 3.52. The van der Waals surface area contributed by atoms with Crippen LogP contribution in [-0.2, 0) is 7.05 Å². The van der Waals surface area contributed by atoms with Crippen molar-refractivity contribution in [2.75, 3.05) is 0 Å². The zero-order valence-corrected chi connectivity index (χ0v) is 9.91. The molecule has 0 aliphatic heterocycles. The van der Waals surface area contributed by atoms with Crippen molar-refractivity contribution in [3.05, 3.63) is 36.5 Å². The fraction of sp³-hybridized carbons (Fsp3) is 0.0833. The predicted molar refractivity (Wildman–Crippen MR) is 63.6 cm³/mol. The van der Waals surface area contributed by atoms with Gasteiger partial charge in [0.1, 0.15) is 17.3 Å². The van der Waals surface area contributed by atoms with Gasteiger partial charge in [0.25, 0.3) is 5.89 Å². The monoisotopic (exact) mass is 260 g/mol. The van der Waals surface area contributed by atoms with Crippen molar-refractivity contribution in [1.29, 1.82) is 0 Å².